The van der Waals surface area contributed by atoms with Crippen LogP contribution in [0.25, 0.3) is 0 Å². The van der Waals surface area contributed by atoms with Gasteiger partial charge in [-0.25, -0.2) is 12.8 Å². The summed E-state index contributed by atoms with van der Waals surface area (Å²) in [4.78, 5) is -0.521. The third-order valence-electron chi connectivity index (χ3n) is 2.83. The maximum atomic E-state index is 14.0. The maximum Gasteiger partial charge on any atom is 0.267 e. The second-order valence-electron chi connectivity index (χ2n) is 4.19. The fraction of sp³-hybridized carbons (Fsp3) is 0.143. The zero-order valence-electron chi connectivity index (χ0n) is 10.9. The summed E-state index contributed by atoms with van der Waals surface area (Å²) in [5, 5.41) is 8.84. The predicted molar refractivity (Wildman–Crippen MR) is 79.5 cm³/mol. The first kappa shape index (κ1) is 15.8. The molecule has 0 aliphatic carbocycles. The van der Waals surface area contributed by atoms with Crippen molar-refractivity contribution in [3.8, 4) is 0 Å². The van der Waals surface area contributed by atoms with Crippen molar-refractivity contribution in [3.05, 3.63) is 59.4 Å². The van der Waals surface area contributed by atoms with E-state index in [0.29, 0.717) is 5.69 Å². The van der Waals surface area contributed by atoms with Crippen LogP contribution in [0.2, 0.25) is 5.02 Å². The Morgan fingerprint density at radius 1 is 1.10 bits per heavy atom. The molecular formula is C14H13ClFNO3S. The molecule has 0 saturated carbocycles. The highest BCUT2D eigenvalue weighted by atomic mass is 35.5. The van der Waals surface area contributed by atoms with Crippen LogP contribution in [0.3, 0.4) is 0 Å². The van der Waals surface area contributed by atoms with Crippen LogP contribution in [-0.2, 0) is 10.0 Å². The molecule has 0 atom stereocenters. The molecule has 0 heterocycles. The van der Waals surface area contributed by atoms with E-state index in [2.05, 4.69) is 0 Å². The van der Waals surface area contributed by atoms with E-state index >= 15 is 0 Å². The van der Waals surface area contributed by atoms with Gasteiger partial charge in [-0.2, -0.15) is 0 Å². The monoisotopic (exact) mass is 329 g/mol. The van der Waals surface area contributed by atoms with Crippen molar-refractivity contribution in [2.75, 3.05) is 17.5 Å². The molecule has 21 heavy (non-hydrogen) atoms. The molecule has 0 fully saturated rings. The molecule has 0 aromatic heterocycles. The van der Waals surface area contributed by atoms with Crippen molar-refractivity contribution in [2.24, 2.45) is 0 Å². The number of anilines is 1. The number of nitrogens with zero attached hydrogens (tertiary/aromatic N) is 1. The summed E-state index contributed by atoms with van der Waals surface area (Å²) in [6.07, 6.45) is 0. The quantitative estimate of drug-likeness (QED) is 0.917. The summed E-state index contributed by atoms with van der Waals surface area (Å²) in [6.45, 7) is -0.575. The molecule has 0 aliphatic heterocycles. The number of aliphatic hydroxyl groups excluding tert-OH is 1. The third kappa shape index (κ3) is 3.18. The molecule has 7 heteroatoms. The zero-order valence-corrected chi connectivity index (χ0v) is 12.5. The van der Waals surface area contributed by atoms with E-state index in [0.717, 1.165) is 10.4 Å². The Labute approximate surface area is 127 Å². The summed E-state index contributed by atoms with van der Waals surface area (Å²) in [5.74, 6) is -1.00. The summed E-state index contributed by atoms with van der Waals surface area (Å²) >= 11 is 5.64. The first-order valence-corrected chi connectivity index (χ1v) is 7.93. The van der Waals surface area contributed by atoms with Crippen LogP contribution < -0.4 is 4.31 Å². The second kappa shape index (κ2) is 6.43. The molecule has 0 amide bonds. The minimum Gasteiger partial charge on any atom is -0.394 e. The van der Waals surface area contributed by atoms with E-state index in [1.165, 1.54) is 12.1 Å². The molecule has 4 nitrogen and oxygen atoms in total. The SMILES string of the molecule is O=S(=O)(c1cccc(Cl)c1F)N(CCO)c1ccccc1. The number of aliphatic hydroxyl groups is 1. The van der Waals surface area contributed by atoms with Gasteiger partial charge in [0.25, 0.3) is 10.0 Å². The third-order valence-corrected chi connectivity index (χ3v) is 4.97. The van der Waals surface area contributed by atoms with E-state index in [1.807, 2.05) is 0 Å². The Hall–Kier alpha value is -1.63. The molecule has 0 bridgehead atoms. The van der Waals surface area contributed by atoms with Gasteiger partial charge in [-0.15, -0.1) is 0 Å². The summed E-state index contributed by atoms with van der Waals surface area (Å²) in [6, 6.07) is 11.9. The number of benzene rings is 2. The van der Waals surface area contributed by atoms with Crippen LogP contribution in [0.15, 0.2) is 53.4 Å². The number of sulfonamides is 1. The van der Waals surface area contributed by atoms with Crippen molar-refractivity contribution >= 4 is 27.3 Å². The lowest BCUT2D eigenvalue weighted by atomic mass is 10.3. The van der Waals surface area contributed by atoms with Crippen molar-refractivity contribution in [2.45, 2.75) is 4.90 Å². The van der Waals surface area contributed by atoms with E-state index in [9.17, 15) is 12.8 Å². The van der Waals surface area contributed by atoms with Gasteiger partial charge in [0.05, 0.1) is 23.9 Å². The topological polar surface area (TPSA) is 57.6 Å². The summed E-state index contributed by atoms with van der Waals surface area (Å²) < 4.78 is 40.2. The smallest absolute Gasteiger partial charge is 0.267 e. The van der Waals surface area contributed by atoms with Gasteiger partial charge >= 0.3 is 0 Å². The van der Waals surface area contributed by atoms with Crippen molar-refractivity contribution in [1.29, 1.82) is 0 Å². The molecule has 0 unspecified atom stereocenters. The molecule has 0 saturated heterocycles. The Balaban J connectivity index is 2.56. The Morgan fingerprint density at radius 2 is 1.76 bits per heavy atom. The van der Waals surface area contributed by atoms with Crippen LogP contribution in [0.1, 0.15) is 0 Å². The zero-order chi connectivity index (χ0) is 15.5. The minimum absolute atomic E-state index is 0.182. The standard InChI is InChI=1S/C14H13ClFNO3S/c15-12-7-4-8-13(14(12)16)21(19,20)17(9-10-18)11-5-2-1-3-6-11/h1-8,18H,9-10H2. The Morgan fingerprint density at radius 3 is 2.38 bits per heavy atom. The first-order chi connectivity index (χ1) is 9.98. The summed E-state index contributed by atoms with van der Waals surface area (Å²) in [5.41, 5.74) is 0.339. The Bertz CT molecular complexity index is 722. The van der Waals surface area contributed by atoms with E-state index in [1.54, 1.807) is 30.3 Å². The highest BCUT2D eigenvalue weighted by Crippen LogP contribution is 2.27. The fourth-order valence-corrected chi connectivity index (χ4v) is 3.65. The lowest BCUT2D eigenvalue weighted by Crippen LogP contribution is -2.34. The van der Waals surface area contributed by atoms with Gasteiger partial charge in [0, 0.05) is 0 Å². The van der Waals surface area contributed by atoms with Gasteiger partial charge in [0.2, 0.25) is 0 Å². The largest absolute Gasteiger partial charge is 0.394 e. The minimum atomic E-state index is -4.16. The normalized spacial score (nSPS) is 11.4. The molecule has 2 aromatic rings. The van der Waals surface area contributed by atoms with Gasteiger partial charge < -0.3 is 5.11 Å². The number of para-hydroxylation sites is 1. The fourth-order valence-electron chi connectivity index (χ4n) is 1.88. The molecule has 0 spiro atoms. The van der Waals surface area contributed by atoms with Crippen LogP contribution in [0, 0.1) is 5.82 Å². The van der Waals surface area contributed by atoms with Gasteiger partial charge in [0.1, 0.15) is 4.90 Å². The van der Waals surface area contributed by atoms with Gasteiger partial charge in [-0.3, -0.25) is 4.31 Å². The number of halogens is 2. The molecule has 2 aromatic carbocycles. The van der Waals surface area contributed by atoms with E-state index in [4.69, 9.17) is 16.7 Å². The maximum absolute atomic E-state index is 14.0. The van der Waals surface area contributed by atoms with Crippen molar-refractivity contribution in [3.63, 3.8) is 0 Å². The van der Waals surface area contributed by atoms with Crippen molar-refractivity contribution < 1.29 is 17.9 Å². The van der Waals surface area contributed by atoms with Gasteiger partial charge in [-0.1, -0.05) is 35.9 Å². The Kier molecular flexibility index (Phi) is 4.82. The van der Waals surface area contributed by atoms with E-state index < -0.39 is 27.3 Å². The lowest BCUT2D eigenvalue weighted by molar-refractivity contribution is 0.306. The summed E-state index contributed by atoms with van der Waals surface area (Å²) in [7, 11) is -4.16. The molecule has 0 radical (unpaired) electrons. The molecular weight excluding hydrogens is 317 g/mol. The van der Waals surface area contributed by atoms with Crippen LogP contribution in [0.4, 0.5) is 10.1 Å². The van der Waals surface area contributed by atoms with Crippen LogP contribution in [-0.4, -0.2) is 26.7 Å². The van der Waals surface area contributed by atoms with E-state index in [-0.39, 0.29) is 11.6 Å². The highest BCUT2D eigenvalue weighted by molar-refractivity contribution is 7.92. The predicted octanol–water partition coefficient (Wildman–Crippen LogP) is 2.67. The lowest BCUT2D eigenvalue weighted by Gasteiger charge is -2.24. The average Bonchev–Trinajstić information content (AvgIpc) is 2.48. The first-order valence-electron chi connectivity index (χ1n) is 6.11. The number of hydrogen-bond acceptors (Lipinski definition) is 3. The van der Waals surface area contributed by atoms with Crippen molar-refractivity contribution in [1.82, 2.24) is 0 Å². The number of rotatable bonds is 5. The van der Waals surface area contributed by atoms with Gasteiger partial charge in [-0.05, 0) is 24.3 Å². The molecule has 2 rings (SSSR count). The number of hydrogen-bond donors (Lipinski definition) is 1. The van der Waals surface area contributed by atoms with Crippen LogP contribution in [0.5, 0.6) is 0 Å². The molecule has 0 aliphatic rings. The molecule has 1 N–H and O–H groups in total. The average molecular weight is 330 g/mol. The van der Waals surface area contributed by atoms with Crippen LogP contribution >= 0.6 is 11.6 Å². The highest BCUT2D eigenvalue weighted by Gasteiger charge is 2.28. The van der Waals surface area contributed by atoms with Gasteiger partial charge in [0.15, 0.2) is 5.82 Å². The molecule has 112 valence electrons. The second-order valence-corrected chi connectivity index (χ2v) is 6.43.